The number of pyridine rings is 1. The molecule has 1 saturated heterocycles. The second-order valence-corrected chi connectivity index (χ2v) is 11.5. The molecule has 4 aromatic carbocycles. The first-order valence-electron chi connectivity index (χ1n) is 14.4. The number of halogens is 1. The summed E-state index contributed by atoms with van der Waals surface area (Å²) < 4.78 is 7.05. The summed E-state index contributed by atoms with van der Waals surface area (Å²) in [5, 5.41) is 9.70. The van der Waals surface area contributed by atoms with Crippen molar-refractivity contribution in [3.63, 3.8) is 0 Å². The van der Waals surface area contributed by atoms with E-state index in [0.29, 0.717) is 29.5 Å². The largest absolute Gasteiger partial charge is 0.457 e. The van der Waals surface area contributed by atoms with E-state index in [-0.39, 0.29) is 18.0 Å². The molecule has 2 heterocycles. The Morgan fingerprint density at radius 1 is 0.864 bits per heavy atom. The quantitative estimate of drug-likeness (QED) is 0.0912. The van der Waals surface area contributed by atoms with Gasteiger partial charge in [-0.3, -0.25) is 14.7 Å². The maximum Gasteiger partial charge on any atom is 0.270 e. The van der Waals surface area contributed by atoms with E-state index >= 15 is 0 Å². The highest BCUT2D eigenvalue weighted by atomic mass is 79.9. The molecule has 1 aromatic heterocycles. The van der Waals surface area contributed by atoms with Crippen molar-refractivity contribution in [3.05, 3.63) is 143 Å². The second kappa shape index (κ2) is 13.6. The molecule has 222 valence electrons. The van der Waals surface area contributed by atoms with Gasteiger partial charge in [-0.25, -0.2) is 0 Å². The third-order valence-electron chi connectivity index (χ3n) is 7.48. The zero-order valence-corrected chi connectivity index (χ0v) is 25.6. The molecule has 0 spiro atoms. The summed E-state index contributed by atoms with van der Waals surface area (Å²) in [5.74, 6) is 0.841. The standard InChI is InChI=1S/C35H33BrN6O2/c36-26-11-13-27(14-12-26)39-23-40-32-16-15-29(19-31(32)37)44-30-17-18-38-33(20-30)35(43)41-28-21-42(22-28)34(24-7-3-1-4-8-24)25-9-5-2-6-10-25/h1-20,28,34,39-40H,21-23,37H2,(H,41,43). The van der Waals surface area contributed by atoms with E-state index in [1.165, 1.54) is 11.1 Å². The molecular formula is C35H33BrN6O2. The van der Waals surface area contributed by atoms with Crippen LogP contribution in [0.25, 0.3) is 0 Å². The molecule has 0 bridgehead atoms. The SMILES string of the molecule is Nc1cc(Oc2ccnc(C(=O)NC3CN(C(c4ccccc4)c4ccccc4)C3)c2)ccc1NCNc1ccc(Br)cc1. The van der Waals surface area contributed by atoms with Crippen LogP contribution in [0.15, 0.2) is 126 Å². The molecule has 1 aliphatic heterocycles. The van der Waals surface area contributed by atoms with Crippen molar-refractivity contribution in [2.24, 2.45) is 0 Å². The molecule has 0 atom stereocenters. The Hall–Kier alpha value is -4.86. The van der Waals surface area contributed by atoms with Crippen LogP contribution in [-0.2, 0) is 0 Å². The van der Waals surface area contributed by atoms with Crippen molar-refractivity contribution in [2.75, 3.05) is 36.1 Å². The minimum atomic E-state index is -0.228. The van der Waals surface area contributed by atoms with Gasteiger partial charge in [0, 0.05) is 41.6 Å². The van der Waals surface area contributed by atoms with Gasteiger partial charge >= 0.3 is 0 Å². The zero-order chi connectivity index (χ0) is 30.3. The van der Waals surface area contributed by atoms with Gasteiger partial charge in [-0.15, -0.1) is 0 Å². The average molecular weight is 650 g/mol. The third-order valence-corrected chi connectivity index (χ3v) is 8.01. The zero-order valence-electron chi connectivity index (χ0n) is 24.0. The third kappa shape index (κ3) is 7.19. The number of likely N-dealkylation sites (tertiary alicyclic amines) is 1. The number of carbonyl (C=O) groups excluding carboxylic acids is 1. The van der Waals surface area contributed by atoms with E-state index in [9.17, 15) is 4.79 Å². The predicted molar refractivity (Wildman–Crippen MR) is 179 cm³/mol. The molecule has 1 amide bonds. The minimum absolute atomic E-state index is 0.0295. The van der Waals surface area contributed by atoms with Gasteiger partial charge in [-0.2, -0.15) is 0 Å². The highest BCUT2D eigenvalue weighted by Gasteiger charge is 2.35. The maximum atomic E-state index is 13.1. The number of carbonyl (C=O) groups is 1. The number of amides is 1. The molecule has 5 N–H and O–H groups in total. The van der Waals surface area contributed by atoms with Crippen LogP contribution in [0.5, 0.6) is 11.5 Å². The Balaban J connectivity index is 1.03. The molecule has 0 saturated carbocycles. The van der Waals surface area contributed by atoms with Crippen molar-refractivity contribution < 1.29 is 9.53 Å². The summed E-state index contributed by atoms with van der Waals surface area (Å²) in [4.78, 5) is 19.8. The van der Waals surface area contributed by atoms with E-state index in [0.717, 1.165) is 28.9 Å². The Morgan fingerprint density at radius 3 is 2.18 bits per heavy atom. The Bertz CT molecular complexity index is 1660. The van der Waals surface area contributed by atoms with E-state index in [1.807, 2.05) is 48.5 Å². The lowest BCUT2D eigenvalue weighted by Gasteiger charge is -2.45. The van der Waals surface area contributed by atoms with Crippen LogP contribution in [0, 0.1) is 0 Å². The minimum Gasteiger partial charge on any atom is -0.457 e. The van der Waals surface area contributed by atoms with Crippen LogP contribution in [0.3, 0.4) is 0 Å². The van der Waals surface area contributed by atoms with Gasteiger partial charge < -0.3 is 26.4 Å². The molecule has 1 fully saturated rings. The van der Waals surface area contributed by atoms with Crippen molar-refractivity contribution in [3.8, 4) is 11.5 Å². The number of benzene rings is 4. The summed E-state index contributed by atoms with van der Waals surface area (Å²) in [6, 6.07) is 37.8. The molecule has 5 aromatic rings. The summed E-state index contributed by atoms with van der Waals surface area (Å²) in [6.07, 6.45) is 1.57. The topological polar surface area (TPSA) is 105 Å². The second-order valence-electron chi connectivity index (χ2n) is 10.6. The molecule has 8 nitrogen and oxygen atoms in total. The monoisotopic (exact) mass is 648 g/mol. The van der Waals surface area contributed by atoms with Crippen molar-refractivity contribution >= 4 is 38.9 Å². The first-order chi connectivity index (χ1) is 21.5. The van der Waals surface area contributed by atoms with Crippen LogP contribution < -0.4 is 26.4 Å². The number of anilines is 3. The van der Waals surface area contributed by atoms with E-state index in [4.69, 9.17) is 10.5 Å². The Labute approximate surface area is 265 Å². The number of ether oxygens (including phenoxy) is 1. The van der Waals surface area contributed by atoms with Crippen molar-refractivity contribution in [1.82, 2.24) is 15.2 Å². The fourth-order valence-corrected chi connectivity index (χ4v) is 5.53. The van der Waals surface area contributed by atoms with Gasteiger partial charge in [0.25, 0.3) is 5.91 Å². The van der Waals surface area contributed by atoms with Gasteiger partial charge in [0.15, 0.2) is 0 Å². The first-order valence-corrected chi connectivity index (χ1v) is 15.2. The van der Waals surface area contributed by atoms with Crippen molar-refractivity contribution in [2.45, 2.75) is 12.1 Å². The molecule has 0 unspecified atom stereocenters. The van der Waals surface area contributed by atoms with Crippen LogP contribution in [-0.4, -0.2) is 41.6 Å². The fourth-order valence-electron chi connectivity index (χ4n) is 5.27. The number of hydrogen-bond donors (Lipinski definition) is 4. The molecule has 0 radical (unpaired) electrons. The predicted octanol–water partition coefficient (Wildman–Crippen LogP) is 6.90. The van der Waals surface area contributed by atoms with Crippen LogP contribution >= 0.6 is 15.9 Å². The smallest absolute Gasteiger partial charge is 0.270 e. The van der Waals surface area contributed by atoms with Gasteiger partial charge in [0.05, 0.1) is 30.1 Å². The molecule has 6 rings (SSSR count). The van der Waals surface area contributed by atoms with E-state index < -0.39 is 0 Å². The van der Waals surface area contributed by atoms with Gasteiger partial charge in [0.1, 0.15) is 17.2 Å². The summed E-state index contributed by atoms with van der Waals surface area (Å²) in [7, 11) is 0. The maximum absolute atomic E-state index is 13.1. The van der Waals surface area contributed by atoms with Crippen molar-refractivity contribution in [1.29, 1.82) is 0 Å². The average Bonchev–Trinajstić information content (AvgIpc) is 3.03. The lowest BCUT2D eigenvalue weighted by atomic mass is 9.93. The van der Waals surface area contributed by atoms with Crippen LogP contribution in [0.2, 0.25) is 0 Å². The number of hydrogen-bond acceptors (Lipinski definition) is 7. The summed E-state index contributed by atoms with van der Waals surface area (Å²) in [6.45, 7) is 2.00. The lowest BCUT2D eigenvalue weighted by Crippen LogP contribution is -2.60. The van der Waals surface area contributed by atoms with Gasteiger partial charge in [-0.1, -0.05) is 76.6 Å². The summed E-state index contributed by atoms with van der Waals surface area (Å²) in [5.41, 5.74) is 11.4. The summed E-state index contributed by atoms with van der Waals surface area (Å²) >= 11 is 3.44. The van der Waals surface area contributed by atoms with Crippen LogP contribution in [0.1, 0.15) is 27.7 Å². The number of rotatable bonds is 11. The number of nitrogens with one attached hydrogen (secondary N) is 3. The normalized spacial score (nSPS) is 13.2. The van der Waals surface area contributed by atoms with E-state index in [2.05, 4.69) is 90.3 Å². The van der Waals surface area contributed by atoms with Crippen LogP contribution in [0.4, 0.5) is 17.1 Å². The first kappa shape index (κ1) is 29.2. The number of nitrogens with zero attached hydrogens (tertiary/aromatic N) is 2. The number of aromatic nitrogens is 1. The molecular weight excluding hydrogens is 616 g/mol. The lowest BCUT2D eigenvalue weighted by molar-refractivity contribution is 0.0714. The molecule has 0 aliphatic carbocycles. The fraction of sp³-hybridized carbons (Fsp3) is 0.143. The number of nitrogen functional groups attached to an aromatic ring is 1. The molecule has 1 aliphatic rings. The highest BCUT2D eigenvalue weighted by Crippen LogP contribution is 2.32. The Morgan fingerprint density at radius 2 is 1.52 bits per heavy atom. The molecule has 44 heavy (non-hydrogen) atoms. The molecule has 9 heteroatoms. The highest BCUT2D eigenvalue weighted by molar-refractivity contribution is 9.10. The Kier molecular flexibility index (Phi) is 9.05. The van der Waals surface area contributed by atoms with Gasteiger partial charge in [-0.05, 0) is 53.6 Å². The van der Waals surface area contributed by atoms with E-state index in [1.54, 1.807) is 24.4 Å². The van der Waals surface area contributed by atoms with Gasteiger partial charge in [0.2, 0.25) is 0 Å². The number of nitrogens with two attached hydrogens (primary N) is 1.